The maximum Gasteiger partial charge on any atom is 0.228 e. The lowest BCUT2D eigenvalue weighted by Crippen LogP contribution is -2.38. The van der Waals surface area contributed by atoms with Crippen LogP contribution in [-0.4, -0.2) is 57.6 Å². The summed E-state index contributed by atoms with van der Waals surface area (Å²) in [5.41, 5.74) is 1.75. The number of anilines is 1. The molecule has 0 aliphatic carbocycles. The number of morpholine rings is 1. The van der Waals surface area contributed by atoms with Gasteiger partial charge < -0.3 is 9.64 Å². The van der Waals surface area contributed by atoms with E-state index in [1.54, 1.807) is 0 Å². The minimum absolute atomic E-state index is 0.137. The van der Waals surface area contributed by atoms with Crippen molar-refractivity contribution < 1.29 is 9.53 Å². The third kappa shape index (κ3) is 5.61. The summed E-state index contributed by atoms with van der Waals surface area (Å²) in [5, 5.41) is 21.6. The number of hydrogen-bond donors (Lipinski definition) is 0. The highest BCUT2D eigenvalue weighted by Crippen LogP contribution is 2.29. The molecule has 1 aromatic carbocycles. The molecule has 33 heavy (non-hydrogen) atoms. The second-order valence-electron chi connectivity index (χ2n) is 8.14. The Kier molecular flexibility index (Phi) is 7.75. The molecule has 0 radical (unpaired) electrons. The monoisotopic (exact) mass is 482 g/mol. The number of Topliss-reactive ketones (excluding diaryl/α,β-unsaturated/α-hetero) is 1. The highest BCUT2D eigenvalue weighted by atomic mass is 32.2. The van der Waals surface area contributed by atoms with Crippen LogP contribution in [0.1, 0.15) is 24.8 Å². The second-order valence-corrected chi connectivity index (χ2v) is 9.97. The van der Waals surface area contributed by atoms with Crippen molar-refractivity contribution in [3.8, 4) is 17.3 Å². The molecule has 0 N–H and O–H groups in total. The third-order valence-corrected chi connectivity index (χ3v) is 7.07. The van der Waals surface area contributed by atoms with Gasteiger partial charge in [0.1, 0.15) is 5.01 Å². The second kappa shape index (κ2) is 10.9. The molecule has 1 aliphatic heterocycles. The Hall–Kier alpha value is -2.74. The molecule has 8 nitrogen and oxygen atoms in total. The molecule has 0 saturated carbocycles. The fraction of sp³-hybridized carbons (Fsp3) is 0.435. The van der Waals surface area contributed by atoms with E-state index in [4.69, 9.17) is 4.74 Å². The van der Waals surface area contributed by atoms with Gasteiger partial charge in [-0.3, -0.25) is 9.36 Å². The van der Waals surface area contributed by atoms with Crippen molar-refractivity contribution in [3.05, 3.63) is 40.7 Å². The van der Waals surface area contributed by atoms with Crippen LogP contribution in [0.15, 0.2) is 40.9 Å². The zero-order valence-corrected chi connectivity index (χ0v) is 20.3. The van der Waals surface area contributed by atoms with E-state index in [1.807, 2.05) is 35.7 Å². The van der Waals surface area contributed by atoms with Crippen molar-refractivity contribution in [2.45, 2.75) is 31.5 Å². The highest BCUT2D eigenvalue weighted by molar-refractivity contribution is 7.99. The SMILES string of the molecule is CC(C)Cn1c(SCC(=O)C(C#N)c2nc(-c3ccccc3)cs2)nnc1N1CCOCC1. The fourth-order valence-electron chi connectivity index (χ4n) is 3.56. The van der Waals surface area contributed by atoms with Crippen LogP contribution >= 0.6 is 23.1 Å². The van der Waals surface area contributed by atoms with Gasteiger partial charge in [0.2, 0.25) is 5.95 Å². The van der Waals surface area contributed by atoms with E-state index < -0.39 is 5.92 Å². The molecule has 172 valence electrons. The number of carbonyl (C=O) groups excluding carboxylic acids is 1. The maximum atomic E-state index is 13.0. The summed E-state index contributed by atoms with van der Waals surface area (Å²) in [4.78, 5) is 19.7. The molecule has 1 saturated heterocycles. The first-order valence-electron chi connectivity index (χ1n) is 10.9. The number of rotatable bonds is 9. The Morgan fingerprint density at radius 1 is 1.24 bits per heavy atom. The number of benzene rings is 1. The van der Waals surface area contributed by atoms with Crippen molar-refractivity contribution in [3.63, 3.8) is 0 Å². The van der Waals surface area contributed by atoms with Crippen molar-refractivity contribution >= 4 is 34.8 Å². The molecule has 1 unspecified atom stereocenters. The number of aromatic nitrogens is 4. The minimum Gasteiger partial charge on any atom is -0.378 e. The normalized spacial score (nSPS) is 14.9. The zero-order valence-electron chi connectivity index (χ0n) is 18.7. The summed E-state index contributed by atoms with van der Waals surface area (Å²) in [6.45, 7) is 7.90. The van der Waals surface area contributed by atoms with Gasteiger partial charge in [0.25, 0.3) is 0 Å². The predicted octanol–water partition coefficient (Wildman–Crippen LogP) is 3.86. The summed E-state index contributed by atoms with van der Waals surface area (Å²) < 4.78 is 7.53. The molecular weight excluding hydrogens is 456 g/mol. The molecule has 1 aliphatic rings. The maximum absolute atomic E-state index is 13.0. The molecule has 2 aromatic heterocycles. The quantitative estimate of drug-likeness (QED) is 0.424. The zero-order chi connectivity index (χ0) is 23.2. The molecule has 10 heteroatoms. The van der Waals surface area contributed by atoms with Crippen molar-refractivity contribution in [1.29, 1.82) is 5.26 Å². The average molecular weight is 483 g/mol. The van der Waals surface area contributed by atoms with E-state index in [-0.39, 0.29) is 11.5 Å². The van der Waals surface area contributed by atoms with Gasteiger partial charge >= 0.3 is 0 Å². The van der Waals surface area contributed by atoms with Crippen LogP contribution in [0, 0.1) is 17.2 Å². The average Bonchev–Trinajstić information content (AvgIpc) is 3.47. The molecule has 1 fully saturated rings. The van der Waals surface area contributed by atoms with E-state index in [9.17, 15) is 10.1 Å². The van der Waals surface area contributed by atoms with Crippen LogP contribution < -0.4 is 4.90 Å². The smallest absolute Gasteiger partial charge is 0.228 e. The van der Waals surface area contributed by atoms with E-state index in [2.05, 4.69) is 44.6 Å². The molecular formula is C23H26N6O2S2. The molecule has 0 bridgehead atoms. The fourth-order valence-corrected chi connectivity index (χ4v) is 5.30. The van der Waals surface area contributed by atoms with Gasteiger partial charge in [0.15, 0.2) is 16.9 Å². The van der Waals surface area contributed by atoms with Crippen LogP contribution in [0.4, 0.5) is 5.95 Å². The number of ketones is 1. The van der Waals surface area contributed by atoms with Crippen LogP contribution in [0.3, 0.4) is 0 Å². The summed E-state index contributed by atoms with van der Waals surface area (Å²) in [6, 6.07) is 11.9. The lowest BCUT2D eigenvalue weighted by molar-refractivity contribution is -0.116. The molecule has 4 rings (SSSR count). The van der Waals surface area contributed by atoms with Crippen LogP contribution in [0.5, 0.6) is 0 Å². The van der Waals surface area contributed by atoms with E-state index in [0.29, 0.717) is 29.3 Å². The number of thiazole rings is 1. The van der Waals surface area contributed by atoms with Gasteiger partial charge in [-0.2, -0.15) is 5.26 Å². The van der Waals surface area contributed by atoms with Gasteiger partial charge in [-0.05, 0) is 5.92 Å². The van der Waals surface area contributed by atoms with Crippen molar-refractivity contribution in [2.75, 3.05) is 37.0 Å². The van der Waals surface area contributed by atoms with Crippen molar-refractivity contribution in [1.82, 2.24) is 19.7 Å². The van der Waals surface area contributed by atoms with Gasteiger partial charge in [0, 0.05) is 30.6 Å². The number of hydrogen-bond acceptors (Lipinski definition) is 9. The summed E-state index contributed by atoms with van der Waals surface area (Å²) >= 11 is 2.68. The van der Waals surface area contributed by atoms with Crippen LogP contribution in [-0.2, 0) is 16.1 Å². The lowest BCUT2D eigenvalue weighted by Gasteiger charge is -2.28. The molecule has 0 spiro atoms. The Labute approximate surface area is 201 Å². The van der Waals surface area contributed by atoms with Gasteiger partial charge in [-0.25, -0.2) is 4.98 Å². The van der Waals surface area contributed by atoms with Gasteiger partial charge in [-0.15, -0.1) is 21.5 Å². The summed E-state index contributed by atoms with van der Waals surface area (Å²) in [7, 11) is 0. The van der Waals surface area contributed by atoms with E-state index in [1.165, 1.54) is 23.1 Å². The predicted molar refractivity (Wildman–Crippen MR) is 130 cm³/mol. The topological polar surface area (TPSA) is 96.9 Å². The minimum atomic E-state index is -0.889. The van der Waals surface area contributed by atoms with Gasteiger partial charge in [0.05, 0.1) is 30.7 Å². The molecule has 0 amide bonds. The number of carbonyl (C=O) groups is 1. The number of thioether (sulfide) groups is 1. The first kappa shape index (κ1) is 23.4. The Bertz CT molecular complexity index is 1120. The van der Waals surface area contributed by atoms with Crippen LogP contribution in [0.2, 0.25) is 0 Å². The highest BCUT2D eigenvalue weighted by Gasteiger charge is 2.26. The first-order valence-corrected chi connectivity index (χ1v) is 12.7. The molecule has 1 atom stereocenters. The molecule has 3 heterocycles. The Balaban J connectivity index is 1.47. The Morgan fingerprint density at radius 2 is 2.00 bits per heavy atom. The number of nitriles is 1. The summed E-state index contributed by atoms with van der Waals surface area (Å²) in [5.74, 6) is 0.280. The number of nitrogens with zero attached hydrogens (tertiary/aromatic N) is 6. The van der Waals surface area contributed by atoms with Crippen molar-refractivity contribution in [2.24, 2.45) is 5.92 Å². The Morgan fingerprint density at radius 3 is 2.70 bits per heavy atom. The first-order chi connectivity index (χ1) is 16.1. The van der Waals surface area contributed by atoms with E-state index >= 15 is 0 Å². The van der Waals surface area contributed by atoms with Crippen LogP contribution in [0.25, 0.3) is 11.3 Å². The molecule has 3 aromatic rings. The van der Waals surface area contributed by atoms with E-state index in [0.717, 1.165) is 36.8 Å². The van der Waals surface area contributed by atoms with Gasteiger partial charge in [-0.1, -0.05) is 55.9 Å². The standard InChI is InChI=1S/C23H26N6O2S2/c1-16(2)13-29-22(28-8-10-31-11-9-28)26-27-23(29)33-15-20(30)18(12-24)21-25-19(14-32-21)17-6-4-3-5-7-17/h3-7,14,16,18H,8-11,13,15H2,1-2H3. The summed E-state index contributed by atoms with van der Waals surface area (Å²) in [6.07, 6.45) is 0. The largest absolute Gasteiger partial charge is 0.378 e. The third-order valence-electron chi connectivity index (χ3n) is 5.17. The lowest BCUT2D eigenvalue weighted by atomic mass is 10.1. The number of ether oxygens (including phenoxy) is 1.